The molecule has 0 unspecified atom stereocenters. The monoisotopic (exact) mass is 641 g/mol. The van der Waals surface area contributed by atoms with Gasteiger partial charge in [0.2, 0.25) is 0 Å². The number of nitrogens with two attached hydrogens (primary N) is 1. The van der Waals surface area contributed by atoms with Crippen molar-refractivity contribution in [2.45, 2.75) is 0 Å². The lowest BCUT2D eigenvalue weighted by Gasteiger charge is -2.10. The Morgan fingerprint density at radius 2 is 1.43 bits per heavy atom. The molecule has 0 atom stereocenters. The molecular formula is C7H3I4NO2. The van der Waals surface area contributed by atoms with Gasteiger partial charge in [-0.15, -0.1) is 0 Å². The van der Waals surface area contributed by atoms with Gasteiger partial charge in [0.25, 0.3) is 0 Å². The summed E-state index contributed by atoms with van der Waals surface area (Å²) in [5, 5.41) is 8.99. The summed E-state index contributed by atoms with van der Waals surface area (Å²) < 4.78 is 3.47. The number of anilines is 1. The predicted molar refractivity (Wildman–Crippen MR) is 88.7 cm³/mol. The summed E-state index contributed by atoms with van der Waals surface area (Å²) in [6.07, 6.45) is 0. The van der Waals surface area contributed by atoms with Gasteiger partial charge in [-0.25, -0.2) is 4.79 Å². The van der Waals surface area contributed by atoms with E-state index in [1.54, 1.807) is 0 Å². The Morgan fingerprint density at radius 1 is 1.00 bits per heavy atom. The molecule has 0 aromatic heterocycles. The SMILES string of the molecule is Nc1c(I)c(I)c(I)c(I)c1C(=O)O. The van der Waals surface area contributed by atoms with Gasteiger partial charge < -0.3 is 10.8 Å². The first-order valence-electron chi connectivity index (χ1n) is 3.22. The van der Waals surface area contributed by atoms with Crippen LogP contribution in [0.4, 0.5) is 5.69 Å². The van der Waals surface area contributed by atoms with Gasteiger partial charge >= 0.3 is 5.97 Å². The summed E-state index contributed by atoms with van der Waals surface area (Å²) >= 11 is 8.38. The molecule has 3 N–H and O–H groups in total. The fourth-order valence-corrected chi connectivity index (χ4v) is 4.32. The van der Waals surface area contributed by atoms with E-state index in [1.165, 1.54) is 0 Å². The molecule has 0 spiro atoms. The molecule has 7 heteroatoms. The molecule has 76 valence electrons. The van der Waals surface area contributed by atoms with E-state index in [0.29, 0.717) is 9.26 Å². The molecule has 0 fully saturated rings. The van der Waals surface area contributed by atoms with Crippen LogP contribution < -0.4 is 5.73 Å². The Morgan fingerprint density at radius 3 is 1.86 bits per heavy atom. The summed E-state index contributed by atoms with van der Waals surface area (Å²) in [5.74, 6) is -0.973. The standard InChI is InChI=1S/C7H3I4NO2/c8-2-1(7(13)14)6(12)5(11)4(10)3(2)9/h12H2,(H,13,14). The zero-order chi connectivity index (χ0) is 11.0. The Labute approximate surface area is 135 Å². The molecule has 0 bridgehead atoms. The first-order chi connectivity index (χ1) is 6.37. The average Bonchev–Trinajstić information content (AvgIpc) is 2.11. The topological polar surface area (TPSA) is 63.3 Å². The van der Waals surface area contributed by atoms with Gasteiger partial charge in [0.05, 0.1) is 14.8 Å². The maximum absolute atomic E-state index is 11.0. The molecule has 0 aliphatic heterocycles. The number of rotatable bonds is 1. The quantitative estimate of drug-likeness (QED) is 0.214. The maximum atomic E-state index is 11.0. The molecule has 1 aromatic rings. The minimum Gasteiger partial charge on any atom is -0.478 e. The van der Waals surface area contributed by atoms with E-state index in [9.17, 15) is 4.79 Å². The summed E-state index contributed by atoms with van der Waals surface area (Å²) in [4.78, 5) is 11.0. The first kappa shape index (κ1) is 13.5. The van der Waals surface area contributed by atoms with E-state index in [1.807, 2.05) is 22.6 Å². The van der Waals surface area contributed by atoms with Crippen LogP contribution in [0, 0.1) is 14.3 Å². The Balaban J connectivity index is 3.68. The van der Waals surface area contributed by atoms with Gasteiger partial charge in [-0.05, 0) is 90.4 Å². The normalized spacial score (nSPS) is 10.3. The molecule has 14 heavy (non-hydrogen) atoms. The second kappa shape index (κ2) is 5.16. The van der Waals surface area contributed by atoms with Crippen molar-refractivity contribution in [1.29, 1.82) is 0 Å². The summed E-state index contributed by atoms with van der Waals surface area (Å²) in [7, 11) is 0. The van der Waals surface area contributed by atoms with E-state index in [4.69, 9.17) is 10.8 Å². The lowest BCUT2D eigenvalue weighted by molar-refractivity contribution is 0.0696. The van der Waals surface area contributed by atoms with Crippen LogP contribution in [0.3, 0.4) is 0 Å². The average molecular weight is 641 g/mol. The first-order valence-corrected chi connectivity index (χ1v) is 7.54. The number of carbonyl (C=O) groups is 1. The minimum atomic E-state index is -0.973. The van der Waals surface area contributed by atoms with Crippen LogP contribution >= 0.6 is 90.4 Å². The molecule has 3 nitrogen and oxygen atoms in total. The van der Waals surface area contributed by atoms with Crippen molar-refractivity contribution >= 4 is 102 Å². The fraction of sp³-hybridized carbons (Fsp3) is 0. The van der Waals surface area contributed by atoms with Crippen LogP contribution in [0.15, 0.2) is 0 Å². The van der Waals surface area contributed by atoms with Crippen LogP contribution in [0.2, 0.25) is 0 Å². The fourth-order valence-electron chi connectivity index (χ4n) is 0.858. The van der Waals surface area contributed by atoms with E-state index >= 15 is 0 Å². The number of hydrogen-bond acceptors (Lipinski definition) is 2. The third-order valence-corrected chi connectivity index (χ3v) is 8.97. The van der Waals surface area contributed by atoms with Crippen LogP contribution in [-0.2, 0) is 0 Å². The van der Waals surface area contributed by atoms with Crippen LogP contribution in [0.1, 0.15) is 10.4 Å². The number of nitrogen functional groups attached to an aromatic ring is 1. The van der Waals surface area contributed by atoms with Gasteiger partial charge in [-0.2, -0.15) is 0 Å². The van der Waals surface area contributed by atoms with E-state index in [0.717, 1.165) is 10.7 Å². The van der Waals surface area contributed by atoms with E-state index < -0.39 is 5.97 Å². The summed E-state index contributed by atoms with van der Waals surface area (Å²) in [6.45, 7) is 0. The molecule has 0 aliphatic rings. The Bertz CT molecular complexity index is 390. The second-order valence-corrected chi connectivity index (χ2v) is 6.66. The molecule has 0 radical (unpaired) electrons. The molecule has 0 amide bonds. The van der Waals surface area contributed by atoms with E-state index in [2.05, 4.69) is 67.8 Å². The van der Waals surface area contributed by atoms with Crippen LogP contribution in [-0.4, -0.2) is 11.1 Å². The zero-order valence-corrected chi connectivity index (χ0v) is 15.1. The highest BCUT2D eigenvalue weighted by Crippen LogP contribution is 2.34. The van der Waals surface area contributed by atoms with Crippen molar-refractivity contribution in [2.75, 3.05) is 5.73 Å². The molecule has 1 aromatic carbocycles. The van der Waals surface area contributed by atoms with Crippen LogP contribution in [0.25, 0.3) is 0 Å². The highest BCUT2D eigenvalue weighted by molar-refractivity contribution is 14.1. The second-order valence-electron chi connectivity index (χ2n) is 2.35. The van der Waals surface area contributed by atoms with Crippen molar-refractivity contribution in [3.05, 3.63) is 19.8 Å². The molecule has 0 saturated heterocycles. The van der Waals surface area contributed by atoms with Gasteiger partial charge in [-0.3, -0.25) is 0 Å². The Hall–Kier alpha value is 1.41. The number of halogens is 4. The smallest absolute Gasteiger partial charge is 0.338 e. The maximum Gasteiger partial charge on any atom is 0.338 e. The number of carboxylic acids is 1. The van der Waals surface area contributed by atoms with Crippen molar-refractivity contribution in [3.63, 3.8) is 0 Å². The zero-order valence-electron chi connectivity index (χ0n) is 6.44. The Kier molecular flexibility index (Phi) is 4.97. The third-order valence-electron chi connectivity index (χ3n) is 1.52. The van der Waals surface area contributed by atoms with Crippen molar-refractivity contribution in [2.24, 2.45) is 0 Å². The lowest BCUT2D eigenvalue weighted by Crippen LogP contribution is -2.10. The minimum absolute atomic E-state index is 0.208. The van der Waals surface area contributed by atoms with Crippen molar-refractivity contribution in [1.82, 2.24) is 0 Å². The highest BCUT2D eigenvalue weighted by atomic mass is 127. The third kappa shape index (κ3) is 2.39. The largest absolute Gasteiger partial charge is 0.478 e. The molecular weight excluding hydrogens is 638 g/mol. The van der Waals surface area contributed by atoms with Gasteiger partial charge in [0.15, 0.2) is 0 Å². The number of hydrogen-bond donors (Lipinski definition) is 2. The van der Waals surface area contributed by atoms with Gasteiger partial charge in [0, 0.05) is 10.7 Å². The number of aromatic carboxylic acids is 1. The molecule has 0 heterocycles. The van der Waals surface area contributed by atoms with Crippen molar-refractivity contribution < 1.29 is 9.90 Å². The molecule has 1 rings (SSSR count). The summed E-state index contributed by atoms with van der Waals surface area (Å²) in [6, 6.07) is 0. The number of carboxylic acid groups (broad SMARTS) is 1. The van der Waals surface area contributed by atoms with Gasteiger partial charge in [-0.1, -0.05) is 0 Å². The number of benzene rings is 1. The molecule has 0 aliphatic carbocycles. The van der Waals surface area contributed by atoms with Gasteiger partial charge in [0.1, 0.15) is 0 Å². The van der Waals surface area contributed by atoms with E-state index in [-0.39, 0.29) is 5.56 Å². The van der Waals surface area contributed by atoms with Crippen molar-refractivity contribution in [3.8, 4) is 0 Å². The summed E-state index contributed by atoms with van der Waals surface area (Å²) in [5.41, 5.74) is 6.31. The predicted octanol–water partition coefficient (Wildman–Crippen LogP) is 3.39. The lowest BCUT2D eigenvalue weighted by atomic mass is 10.2. The highest BCUT2D eigenvalue weighted by Gasteiger charge is 2.21. The van der Waals surface area contributed by atoms with Crippen LogP contribution in [0.5, 0.6) is 0 Å². The molecule has 0 saturated carbocycles.